The highest BCUT2D eigenvalue weighted by atomic mass is 16.5. The molecular weight excluding hydrogens is 436 g/mol. The van der Waals surface area contributed by atoms with Crippen LogP contribution in [0.15, 0.2) is 34.9 Å². The number of methoxy groups -OCH3 is 1. The maximum Gasteiger partial charge on any atom is 0.220 e. The molecule has 0 bridgehead atoms. The van der Waals surface area contributed by atoms with Crippen LogP contribution in [0.5, 0.6) is 0 Å². The molecule has 0 radical (unpaired) electrons. The zero-order valence-electron chi connectivity index (χ0n) is 21.6. The second kappa shape index (κ2) is 11.9. The third-order valence-electron chi connectivity index (χ3n) is 9.20. The number of rotatable bonds is 8. The first-order valence-corrected chi connectivity index (χ1v) is 14.2. The van der Waals surface area contributed by atoms with Crippen molar-refractivity contribution in [2.24, 2.45) is 11.8 Å². The molecule has 1 saturated heterocycles. The van der Waals surface area contributed by atoms with Crippen LogP contribution in [0.2, 0.25) is 0 Å². The van der Waals surface area contributed by atoms with Gasteiger partial charge in [-0.15, -0.1) is 0 Å². The van der Waals surface area contributed by atoms with Gasteiger partial charge in [0.1, 0.15) is 5.58 Å². The lowest BCUT2D eigenvalue weighted by atomic mass is 9.83. The highest BCUT2D eigenvalue weighted by Gasteiger charge is 2.27. The van der Waals surface area contributed by atoms with Gasteiger partial charge < -0.3 is 19.4 Å². The summed E-state index contributed by atoms with van der Waals surface area (Å²) in [4.78, 5) is 15.2. The summed E-state index contributed by atoms with van der Waals surface area (Å²) in [5.74, 6) is 2.28. The largest absolute Gasteiger partial charge is 0.464 e. The molecule has 5 heteroatoms. The van der Waals surface area contributed by atoms with Crippen molar-refractivity contribution in [1.29, 1.82) is 0 Å². The first-order valence-electron chi connectivity index (χ1n) is 14.2. The normalized spacial score (nSPS) is 28.8. The second-order valence-corrected chi connectivity index (χ2v) is 11.5. The molecule has 1 N–H and O–H groups in total. The Hall–Kier alpha value is -1.85. The van der Waals surface area contributed by atoms with E-state index >= 15 is 0 Å². The molecule has 3 aliphatic rings. The number of piperidine rings is 1. The number of fused-ring (bicyclic) bond motifs is 1. The lowest BCUT2D eigenvalue weighted by Gasteiger charge is -2.34. The maximum atomic E-state index is 12.6. The van der Waals surface area contributed by atoms with Crippen molar-refractivity contribution in [3.8, 4) is 0 Å². The number of nitrogens with one attached hydrogen (secondary N) is 1. The van der Waals surface area contributed by atoms with Gasteiger partial charge in [0.05, 0.1) is 12.4 Å². The summed E-state index contributed by atoms with van der Waals surface area (Å²) in [5, 5.41) is 4.66. The number of carbonyl (C=O) groups excluding carboxylic acids is 1. The number of amides is 1. The molecule has 1 aromatic carbocycles. The summed E-state index contributed by atoms with van der Waals surface area (Å²) in [6.07, 6.45) is 16.2. The summed E-state index contributed by atoms with van der Waals surface area (Å²) in [5.41, 5.74) is 2.43. The Bertz CT molecular complexity index is 932. The molecule has 5 nitrogen and oxygen atoms in total. The van der Waals surface area contributed by atoms with Gasteiger partial charge in [0, 0.05) is 30.5 Å². The van der Waals surface area contributed by atoms with E-state index in [1.54, 1.807) is 7.11 Å². The highest BCUT2D eigenvalue weighted by molar-refractivity contribution is 5.81. The third-order valence-corrected chi connectivity index (χ3v) is 9.20. The second-order valence-electron chi connectivity index (χ2n) is 11.5. The number of furan rings is 1. The van der Waals surface area contributed by atoms with E-state index in [4.69, 9.17) is 9.15 Å². The van der Waals surface area contributed by atoms with Gasteiger partial charge in [-0.2, -0.15) is 0 Å². The molecule has 3 fully saturated rings. The molecule has 2 aliphatic carbocycles. The standard InChI is InChI=1S/C30H44N2O3/c1-34-26-12-8-23(9-13-26)20-30(33)31-25-10-6-22(7-11-25)14-17-32-18-15-24(16-19-32)28-21-35-29-5-3-2-4-27(28)29/h2-5,21-26H,6-20H2,1H3,(H,31,33)/t22-,23-,25-,26-. The van der Waals surface area contributed by atoms with Crippen molar-refractivity contribution < 1.29 is 13.9 Å². The number of likely N-dealkylation sites (tertiary alicyclic amines) is 1. The minimum Gasteiger partial charge on any atom is -0.464 e. The van der Waals surface area contributed by atoms with E-state index in [0.717, 1.165) is 50.0 Å². The number of benzene rings is 1. The van der Waals surface area contributed by atoms with Crippen LogP contribution in [0.4, 0.5) is 0 Å². The van der Waals surface area contributed by atoms with Gasteiger partial charge in [0.2, 0.25) is 5.91 Å². The van der Waals surface area contributed by atoms with Gasteiger partial charge in [-0.1, -0.05) is 18.2 Å². The summed E-state index contributed by atoms with van der Waals surface area (Å²) >= 11 is 0. The lowest BCUT2D eigenvalue weighted by Crippen LogP contribution is -2.39. The van der Waals surface area contributed by atoms with E-state index in [2.05, 4.69) is 34.5 Å². The van der Waals surface area contributed by atoms with Gasteiger partial charge in [-0.25, -0.2) is 0 Å². The van der Waals surface area contributed by atoms with E-state index in [0.29, 0.717) is 30.4 Å². The molecule has 0 spiro atoms. The quantitative estimate of drug-likeness (QED) is 0.484. The summed E-state index contributed by atoms with van der Waals surface area (Å²) in [7, 11) is 1.81. The zero-order valence-corrected chi connectivity index (χ0v) is 21.6. The third kappa shape index (κ3) is 6.48. The average Bonchev–Trinajstić information content (AvgIpc) is 3.33. The summed E-state index contributed by atoms with van der Waals surface area (Å²) < 4.78 is 11.3. The molecule has 0 unspecified atom stereocenters. The number of para-hydroxylation sites is 1. The van der Waals surface area contributed by atoms with Crippen LogP contribution in [0.3, 0.4) is 0 Å². The van der Waals surface area contributed by atoms with Crippen molar-refractivity contribution in [1.82, 2.24) is 10.2 Å². The molecule has 2 saturated carbocycles. The van der Waals surface area contributed by atoms with Crippen molar-refractivity contribution in [2.45, 2.75) is 95.1 Å². The fourth-order valence-electron chi connectivity index (χ4n) is 6.86. The van der Waals surface area contributed by atoms with Gasteiger partial charge >= 0.3 is 0 Å². The summed E-state index contributed by atoms with van der Waals surface area (Å²) in [6, 6.07) is 8.84. The molecule has 2 heterocycles. The van der Waals surface area contributed by atoms with Crippen LogP contribution in [-0.4, -0.2) is 49.7 Å². The Morgan fingerprint density at radius 2 is 1.69 bits per heavy atom. The Balaban J connectivity index is 0.967. The van der Waals surface area contributed by atoms with E-state index in [1.165, 1.54) is 62.7 Å². The van der Waals surface area contributed by atoms with Crippen LogP contribution in [-0.2, 0) is 9.53 Å². The Morgan fingerprint density at radius 1 is 0.971 bits per heavy atom. The molecule has 1 aromatic heterocycles. The SMILES string of the molecule is CO[C@H]1CC[C@H](CC(=O)N[C@H]2CC[C@H](CCN3CCC(c4coc5ccccc45)CC3)CC2)CC1. The van der Waals surface area contributed by atoms with Crippen LogP contribution in [0.1, 0.15) is 88.5 Å². The molecule has 0 atom stereocenters. The fourth-order valence-corrected chi connectivity index (χ4v) is 6.86. The first-order chi connectivity index (χ1) is 17.2. The predicted octanol–water partition coefficient (Wildman–Crippen LogP) is 6.27. The van der Waals surface area contributed by atoms with E-state index in [1.807, 2.05) is 6.26 Å². The highest BCUT2D eigenvalue weighted by Crippen LogP contribution is 2.35. The zero-order chi connectivity index (χ0) is 24.0. The monoisotopic (exact) mass is 480 g/mol. The average molecular weight is 481 g/mol. The Kier molecular flexibility index (Phi) is 8.46. The molecule has 1 amide bonds. The van der Waals surface area contributed by atoms with E-state index < -0.39 is 0 Å². The van der Waals surface area contributed by atoms with Crippen LogP contribution in [0.25, 0.3) is 11.0 Å². The maximum absolute atomic E-state index is 12.6. The number of hydrogen-bond donors (Lipinski definition) is 1. The first kappa shape index (κ1) is 24.8. The molecular formula is C30H44N2O3. The molecule has 35 heavy (non-hydrogen) atoms. The van der Waals surface area contributed by atoms with Crippen molar-refractivity contribution in [3.63, 3.8) is 0 Å². The topological polar surface area (TPSA) is 54.7 Å². The number of hydrogen-bond acceptors (Lipinski definition) is 4. The smallest absolute Gasteiger partial charge is 0.220 e. The Morgan fingerprint density at radius 3 is 2.43 bits per heavy atom. The van der Waals surface area contributed by atoms with Crippen molar-refractivity contribution >= 4 is 16.9 Å². The predicted molar refractivity (Wildman–Crippen MR) is 141 cm³/mol. The minimum atomic E-state index is 0.280. The van der Waals surface area contributed by atoms with Crippen molar-refractivity contribution in [3.05, 3.63) is 36.1 Å². The minimum absolute atomic E-state index is 0.280. The van der Waals surface area contributed by atoms with Crippen LogP contribution < -0.4 is 5.32 Å². The summed E-state index contributed by atoms with van der Waals surface area (Å²) in [6.45, 7) is 3.62. The molecule has 1 aliphatic heterocycles. The number of carbonyl (C=O) groups is 1. The van der Waals surface area contributed by atoms with Crippen LogP contribution in [0, 0.1) is 11.8 Å². The lowest BCUT2D eigenvalue weighted by molar-refractivity contribution is -0.123. The number of ether oxygens (including phenoxy) is 1. The van der Waals surface area contributed by atoms with Gasteiger partial charge in [-0.3, -0.25) is 4.79 Å². The van der Waals surface area contributed by atoms with Crippen molar-refractivity contribution in [2.75, 3.05) is 26.7 Å². The molecule has 5 rings (SSSR count). The van der Waals surface area contributed by atoms with E-state index in [-0.39, 0.29) is 5.91 Å². The van der Waals surface area contributed by atoms with Gasteiger partial charge in [-0.05, 0) is 114 Å². The fraction of sp³-hybridized carbons (Fsp3) is 0.700. The Labute approximate surface area is 211 Å². The van der Waals surface area contributed by atoms with E-state index in [9.17, 15) is 4.79 Å². The van der Waals surface area contributed by atoms with Gasteiger partial charge in [0.15, 0.2) is 0 Å². The van der Waals surface area contributed by atoms with Crippen LogP contribution >= 0.6 is 0 Å². The molecule has 192 valence electrons. The number of nitrogens with zero attached hydrogens (tertiary/aromatic N) is 1. The molecule has 2 aromatic rings. The van der Waals surface area contributed by atoms with Gasteiger partial charge in [0.25, 0.3) is 0 Å².